The largest absolute Gasteiger partial charge is 0.378 e. The summed E-state index contributed by atoms with van der Waals surface area (Å²) in [5.41, 5.74) is 0.142. The van der Waals surface area contributed by atoms with Crippen molar-refractivity contribution in [2.45, 2.75) is 39.2 Å². The van der Waals surface area contributed by atoms with E-state index in [-0.39, 0.29) is 17.3 Å². The summed E-state index contributed by atoms with van der Waals surface area (Å²) in [4.78, 5) is 0. The van der Waals surface area contributed by atoms with Gasteiger partial charge in [0.05, 0.1) is 11.9 Å². The van der Waals surface area contributed by atoms with Crippen molar-refractivity contribution in [3.8, 4) is 0 Å². The fraction of sp³-hybridized carbons (Fsp3) is 1.00. The molecule has 0 saturated carbocycles. The minimum absolute atomic E-state index is 0.142. The van der Waals surface area contributed by atoms with Crippen LogP contribution in [0.3, 0.4) is 0 Å². The van der Waals surface area contributed by atoms with E-state index in [2.05, 4.69) is 22.9 Å². The van der Waals surface area contributed by atoms with E-state index in [4.69, 9.17) is 4.74 Å². The number of rotatable bonds is 6. The summed E-state index contributed by atoms with van der Waals surface area (Å²) >= 11 is 3.54. The fourth-order valence-corrected chi connectivity index (χ4v) is 4.07. The molecule has 0 bridgehead atoms. The first-order valence-electron chi connectivity index (χ1n) is 5.84. The maximum atomic E-state index is 11.4. The molecule has 2 unspecified atom stereocenters. The molecule has 0 aromatic rings. The van der Waals surface area contributed by atoms with Gasteiger partial charge in [-0.1, -0.05) is 22.9 Å². The first-order valence-corrected chi connectivity index (χ1v) is 8.78. The Morgan fingerprint density at radius 2 is 2.19 bits per heavy atom. The summed E-state index contributed by atoms with van der Waals surface area (Å²) in [5.74, 6) is 0.561. The molecule has 0 N–H and O–H groups in total. The van der Waals surface area contributed by atoms with Crippen molar-refractivity contribution in [3.63, 3.8) is 0 Å². The van der Waals surface area contributed by atoms with Crippen LogP contribution < -0.4 is 0 Å². The number of halogens is 1. The van der Waals surface area contributed by atoms with Crippen LogP contribution in [0.15, 0.2) is 0 Å². The van der Waals surface area contributed by atoms with E-state index >= 15 is 0 Å². The number of alkyl halides is 1. The normalized spacial score (nSPS) is 30.8. The van der Waals surface area contributed by atoms with Crippen molar-refractivity contribution in [2.75, 3.05) is 23.4 Å². The number of hydrogen-bond donors (Lipinski definition) is 0. The Bertz CT molecular complexity index is 315. The molecular weight excluding hydrogens is 292 g/mol. The smallest absolute Gasteiger partial charge is 0.150 e. The van der Waals surface area contributed by atoms with Gasteiger partial charge < -0.3 is 4.74 Å². The topological polar surface area (TPSA) is 43.4 Å². The lowest BCUT2D eigenvalue weighted by atomic mass is 9.80. The first kappa shape index (κ1) is 14.5. The second-order valence-corrected chi connectivity index (χ2v) is 7.63. The Balaban J connectivity index is 2.47. The molecule has 5 heteroatoms. The molecule has 1 aliphatic rings. The van der Waals surface area contributed by atoms with Crippen LogP contribution >= 0.6 is 15.9 Å². The Morgan fingerprint density at radius 3 is 2.62 bits per heavy atom. The highest BCUT2D eigenvalue weighted by Gasteiger charge is 2.40. The van der Waals surface area contributed by atoms with Gasteiger partial charge in [-0.3, -0.25) is 0 Å². The average Bonchev–Trinajstić information content (AvgIpc) is 2.61. The molecule has 0 aromatic carbocycles. The highest BCUT2D eigenvalue weighted by Crippen LogP contribution is 2.40. The van der Waals surface area contributed by atoms with Gasteiger partial charge in [-0.05, 0) is 26.2 Å². The van der Waals surface area contributed by atoms with Gasteiger partial charge in [0.15, 0.2) is 0 Å². The summed E-state index contributed by atoms with van der Waals surface area (Å²) in [7, 11) is -2.82. The van der Waals surface area contributed by atoms with Gasteiger partial charge in [0.1, 0.15) is 9.84 Å². The van der Waals surface area contributed by atoms with E-state index in [9.17, 15) is 8.42 Å². The third-order valence-electron chi connectivity index (χ3n) is 3.67. The van der Waals surface area contributed by atoms with E-state index in [0.29, 0.717) is 5.75 Å². The van der Waals surface area contributed by atoms with Crippen molar-refractivity contribution in [1.29, 1.82) is 0 Å². The number of ether oxygens (including phenoxy) is 1. The molecule has 1 rings (SSSR count). The highest BCUT2D eigenvalue weighted by atomic mass is 79.9. The maximum absolute atomic E-state index is 11.4. The molecule has 0 aromatic heterocycles. The minimum Gasteiger partial charge on any atom is -0.378 e. The summed E-state index contributed by atoms with van der Waals surface area (Å²) in [6.45, 7) is 4.59. The summed E-state index contributed by atoms with van der Waals surface area (Å²) in [6.07, 6.45) is 2.94. The summed E-state index contributed by atoms with van der Waals surface area (Å²) < 4.78 is 28.4. The molecule has 0 radical (unpaired) electrons. The Hall–Kier alpha value is 0.390. The van der Waals surface area contributed by atoms with Crippen LogP contribution in [0.1, 0.15) is 33.1 Å². The minimum atomic E-state index is -2.82. The van der Waals surface area contributed by atoms with Crippen LogP contribution in [-0.4, -0.2) is 38.0 Å². The molecule has 1 aliphatic heterocycles. The van der Waals surface area contributed by atoms with Gasteiger partial charge in [-0.25, -0.2) is 8.42 Å². The molecule has 1 saturated heterocycles. The average molecular weight is 313 g/mol. The lowest BCUT2D eigenvalue weighted by Gasteiger charge is -2.30. The van der Waals surface area contributed by atoms with Gasteiger partial charge >= 0.3 is 0 Å². The first-order chi connectivity index (χ1) is 7.46. The van der Waals surface area contributed by atoms with E-state index in [1.807, 2.05) is 0 Å². The Labute approximate surface area is 107 Å². The molecule has 2 atom stereocenters. The van der Waals surface area contributed by atoms with Crippen LogP contribution in [0.2, 0.25) is 0 Å². The SMILES string of the molecule is CCS(=O)(=O)CCCC1(CBr)CCOC1C. The molecule has 96 valence electrons. The summed E-state index contributed by atoms with van der Waals surface area (Å²) in [5, 5.41) is 0.896. The molecule has 1 fully saturated rings. The highest BCUT2D eigenvalue weighted by molar-refractivity contribution is 9.09. The molecule has 0 aliphatic carbocycles. The summed E-state index contributed by atoms with van der Waals surface area (Å²) in [6, 6.07) is 0. The second-order valence-electron chi connectivity index (χ2n) is 4.60. The lowest BCUT2D eigenvalue weighted by Crippen LogP contribution is -2.31. The molecule has 0 amide bonds. The van der Waals surface area contributed by atoms with Crippen LogP contribution in [0.25, 0.3) is 0 Å². The molecular formula is C11H21BrO3S. The number of sulfone groups is 1. The van der Waals surface area contributed by atoms with Gasteiger partial charge in [0, 0.05) is 23.1 Å². The van der Waals surface area contributed by atoms with Gasteiger partial charge in [-0.2, -0.15) is 0 Å². The van der Waals surface area contributed by atoms with E-state index in [1.165, 1.54) is 0 Å². The van der Waals surface area contributed by atoms with E-state index in [1.54, 1.807) is 6.92 Å². The molecule has 0 spiro atoms. The molecule has 3 nitrogen and oxygen atoms in total. The van der Waals surface area contributed by atoms with Crippen molar-refractivity contribution in [2.24, 2.45) is 5.41 Å². The van der Waals surface area contributed by atoms with Gasteiger partial charge in [-0.15, -0.1) is 0 Å². The molecule has 16 heavy (non-hydrogen) atoms. The predicted octanol–water partition coefficient (Wildman–Crippen LogP) is 2.39. The van der Waals surface area contributed by atoms with E-state index in [0.717, 1.165) is 31.2 Å². The van der Waals surface area contributed by atoms with Crippen LogP contribution in [0.4, 0.5) is 0 Å². The zero-order valence-corrected chi connectivity index (χ0v) is 12.4. The molecule has 1 heterocycles. The lowest BCUT2D eigenvalue weighted by molar-refractivity contribution is 0.0704. The predicted molar refractivity (Wildman–Crippen MR) is 69.8 cm³/mol. The number of hydrogen-bond acceptors (Lipinski definition) is 3. The van der Waals surface area contributed by atoms with Crippen molar-refractivity contribution in [1.82, 2.24) is 0 Å². The Kier molecular flexibility index (Phi) is 5.26. The Morgan fingerprint density at radius 1 is 1.50 bits per heavy atom. The third-order valence-corrected chi connectivity index (χ3v) is 6.57. The zero-order valence-electron chi connectivity index (χ0n) is 10.0. The van der Waals surface area contributed by atoms with Crippen LogP contribution in [0, 0.1) is 5.41 Å². The van der Waals surface area contributed by atoms with Gasteiger partial charge in [0.2, 0.25) is 0 Å². The van der Waals surface area contributed by atoms with Crippen molar-refractivity contribution in [3.05, 3.63) is 0 Å². The fourth-order valence-electron chi connectivity index (χ4n) is 2.18. The van der Waals surface area contributed by atoms with Crippen LogP contribution in [0.5, 0.6) is 0 Å². The standard InChI is InChI=1S/C11H21BrO3S/c1-3-16(13,14)8-4-5-11(9-12)6-7-15-10(11)2/h10H,3-9H2,1-2H3. The van der Waals surface area contributed by atoms with Crippen LogP contribution in [-0.2, 0) is 14.6 Å². The third kappa shape index (κ3) is 3.44. The van der Waals surface area contributed by atoms with Crippen molar-refractivity contribution < 1.29 is 13.2 Å². The van der Waals surface area contributed by atoms with E-state index < -0.39 is 9.84 Å². The zero-order chi connectivity index (χ0) is 12.2. The maximum Gasteiger partial charge on any atom is 0.150 e. The second kappa shape index (κ2) is 5.83. The van der Waals surface area contributed by atoms with Gasteiger partial charge in [0.25, 0.3) is 0 Å². The quantitative estimate of drug-likeness (QED) is 0.707. The monoisotopic (exact) mass is 312 g/mol. The van der Waals surface area contributed by atoms with Crippen molar-refractivity contribution >= 4 is 25.8 Å².